The van der Waals surface area contributed by atoms with Crippen LogP contribution in [0.2, 0.25) is 0 Å². The third kappa shape index (κ3) is 7.77. The van der Waals surface area contributed by atoms with E-state index >= 15 is 0 Å². The zero-order chi connectivity index (χ0) is 15.0. The highest BCUT2D eigenvalue weighted by molar-refractivity contribution is 8.00. The van der Waals surface area contributed by atoms with Crippen LogP contribution < -0.4 is 10.5 Å². The molecule has 0 aliphatic heterocycles. The van der Waals surface area contributed by atoms with Crippen LogP contribution in [0.4, 0.5) is 5.69 Å². The Morgan fingerprint density at radius 2 is 1.90 bits per heavy atom. The minimum absolute atomic E-state index is 0.143. The van der Waals surface area contributed by atoms with E-state index in [2.05, 4.69) is 18.6 Å². The molecule has 114 valence electrons. The third-order valence-electron chi connectivity index (χ3n) is 2.78. The molecule has 0 bridgehead atoms. The summed E-state index contributed by atoms with van der Waals surface area (Å²) in [4.78, 5) is 1.04. The smallest absolute Gasteiger partial charge is 0.212 e. The van der Waals surface area contributed by atoms with Gasteiger partial charge in [0.25, 0.3) is 0 Å². The van der Waals surface area contributed by atoms with Crippen LogP contribution >= 0.6 is 11.8 Å². The molecule has 6 heteroatoms. The van der Waals surface area contributed by atoms with Gasteiger partial charge in [0.05, 0.1) is 5.75 Å². The maximum atomic E-state index is 11.8. The average Bonchev–Trinajstić information content (AvgIpc) is 2.37. The molecule has 0 amide bonds. The quantitative estimate of drug-likeness (QED) is 0.417. The van der Waals surface area contributed by atoms with Crippen molar-refractivity contribution in [2.75, 3.05) is 23.8 Å². The van der Waals surface area contributed by atoms with E-state index in [0.717, 1.165) is 17.7 Å². The molecule has 0 atom stereocenters. The molecule has 4 nitrogen and oxygen atoms in total. The van der Waals surface area contributed by atoms with Gasteiger partial charge in [0, 0.05) is 22.9 Å². The van der Waals surface area contributed by atoms with E-state index in [1.54, 1.807) is 0 Å². The average molecular weight is 316 g/mol. The SMILES string of the molecule is CC(C)CCCNS(=O)(=O)CCSc1ccc(N)cc1. The first-order valence-electron chi connectivity index (χ1n) is 6.85. The van der Waals surface area contributed by atoms with Crippen molar-refractivity contribution < 1.29 is 8.42 Å². The van der Waals surface area contributed by atoms with E-state index < -0.39 is 10.0 Å². The van der Waals surface area contributed by atoms with Crippen LogP contribution in [0.25, 0.3) is 0 Å². The summed E-state index contributed by atoms with van der Waals surface area (Å²) >= 11 is 1.53. The summed E-state index contributed by atoms with van der Waals surface area (Å²) in [6.07, 6.45) is 1.94. The number of hydrogen-bond acceptors (Lipinski definition) is 4. The van der Waals surface area contributed by atoms with Crippen LogP contribution in [-0.4, -0.2) is 26.5 Å². The number of hydrogen-bond donors (Lipinski definition) is 2. The zero-order valence-corrected chi connectivity index (χ0v) is 13.8. The summed E-state index contributed by atoms with van der Waals surface area (Å²) in [5.74, 6) is 1.30. The van der Waals surface area contributed by atoms with Crippen molar-refractivity contribution in [1.82, 2.24) is 4.72 Å². The van der Waals surface area contributed by atoms with Gasteiger partial charge in [0.1, 0.15) is 0 Å². The number of sulfonamides is 1. The summed E-state index contributed by atoms with van der Waals surface area (Å²) in [5.41, 5.74) is 6.32. The highest BCUT2D eigenvalue weighted by Crippen LogP contribution is 2.19. The molecule has 1 rings (SSSR count). The van der Waals surface area contributed by atoms with E-state index in [1.165, 1.54) is 11.8 Å². The van der Waals surface area contributed by atoms with Crippen LogP contribution in [0, 0.1) is 5.92 Å². The van der Waals surface area contributed by atoms with Crippen LogP contribution in [0.1, 0.15) is 26.7 Å². The summed E-state index contributed by atoms with van der Waals surface area (Å²) in [6, 6.07) is 7.45. The Hall–Kier alpha value is -0.720. The van der Waals surface area contributed by atoms with Crippen molar-refractivity contribution in [3.05, 3.63) is 24.3 Å². The monoisotopic (exact) mass is 316 g/mol. The second-order valence-electron chi connectivity index (χ2n) is 5.17. The molecule has 0 heterocycles. The van der Waals surface area contributed by atoms with Gasteiger partial charge in [-0.15, -0.1) is 11.8 Å². The maximum absolute atomic E-state index is 11.8. The topological polar surface area (TPSA) is 72.2 Å². The predicted molar refractivity (Wildman–Crippen MR) is 87.4 cm³/mol. The fraction of sp³-hybridized carbons (Fsp3) is 0.571. The first kappa shape index (κ1) is 17.3. The van der Waals surface area contributed by atoms with Gasteiger partial charge in [0.2, 0.25) is 10.0 Å². The lowest BCUT2D eigenvalue weighted by molar-refractivity contribution is 0.540. The lowest BCUT2D eigenvalue weighted by Gasteiger charge is -2.08. The molecule has 3 N–H and O–H groups in total. The van der Waals surface area contributed by atoms with Gasteiger partial charge in [-0.25, -0.2) is 13.1 Å². The van der Waals surface area contributed by atoms with Crippen molar-refractivity contribution in [2.45, 2.75) is 31.6 Å². The number of thioether (sulfide) groups is 1. The molecular weight excluding hydrogens is 292 g/mol. The van der Waals surface area contributed by atoms with Crippen molar-refractivity contribution in [1.29, 1.82) is 0 Å². The van der Waals surface area contributed by atoms with Crippen LogP contribution in [0.3, 0.4) is 0 Å². The van der Waals surface area contributed by atoms with Gasteiger partial charge >= 0.3 is 0 Å². The van der Waals surface area contributed by atoms with Gasteiger partial charge in [0.15, 0.2) is 0 Å². The van der Waals surface area contributed by atoms with E-state index in [4.69, 9.17) is 5.73 Å². The first-order chi connectivity index (χ1) is 9.39. The molecule has 0 radical (unpaired) electrons. The Kier molecular flexibility index (Phi) is 7.40. The highest BCUT2D eigenvalue weighted by atomic mass is 32.2. The fourth-order valence-electron chi connectivity index (χ4n) is 1.64. The standard InChI is InChI=1S/C14H24N2O2S2/c1-12(2)4-3-9-16-20(17,18)11-10-19-14-7-5-13(15)6-8-14/h5-8,12,16H,3-4,9-11,15H2,1-2H3. The lowest BCUT2D eigenvalue weighted by atomic mass is 10.1. The van der Waals surface area contributed by atoms with Crippen molar-refractivity contribution in [3.63, 3.8) is 0 Å². The van der Waals surface area contributed by atoms with Crippen molar-refractivity contribution in [2.24, 2.45) is 5.92 Å². The number of nitrogens with one attached hydrogen (secondary N) is 1. The minimum atomic E-state index is -3.15. The van der Waals surface area contributed by atoms with E-state index in [9.17, 15) is 8.42 Å². The summed E-state index contributed by atoms with van der Waals surface area (Å²) < 4.78 is 26.2. The van der Waals surface area contributed by atoms with E-state index in [-0.39, 0.29) is 5.75 Å². The predicted octanol–water partition coefficient (Wildman–Crippen LogP) is 2.72. The molecular formula is C14H24N2O2S2. The second-order valence-corrected chi connectivity index (χ2v) is 8.26. The minimum Gasteiger partial charge on any atom is -0.399 e. The molecule has 0 spiro atoms. The molecule has 0 aromatic heterocycles. The molecule has 0 saturated heterocycles. The number of benzene rings is 1. The Labute approximate surface area is 126 Å². The van der Waals surface area contributed by atoms with E-state index in [1.807, 2.05) is 24.3 Å². The normalized spacial score (nSPS) is 11.9. The Morgan fingerprint density at radius 3 is 2.50 bits per heavy atom. The lowest BCUT2D eigenvalue weighted by Crippen LogP contribution is -2.28. The molecule has 1 aromatic carbocycles. The van der Waals surface area contributed by atoms with Gasteiger partial charge in [-0.1, -0.05) is 13.8 Å². The first-order valence-corrected chi connectivity index (χ1v) is 9.48. The maximum Gasteiger partial charge on any atom is 0.212 e. The summed E-state index contributed by atoms with van der Waals surface area (Å²) in [5, 5.41) is 0. The van der Waals surface area contributed by atoms with Crippen molar-refractivity contribution >= 4 is 27.5 Å². The molecule has 0 fully saturated rings. The number of nitrogen functional groups attached to an aromatic ring is 1. The number of nitrogens with two attached hydrogens (primary N) is 1. The Morgan fingerprint density at radius 1 is 1.25 bits per heavy atom. The molecule has 0 aliphatic rings. The largest absolute Gasteiger partial charge is 0.399 e. The molecule has 0 aliphatic carbocycles. The van der Waals surface area contributed by atoms with Gasteiger partial charge < -0.3 is 5.73 Å². The van der Waals surface area contributed by atoms with Gasteiger partial charge in [-0.2, -0.15) is 0 Å². The molecule has 0 unspecified atom stereocenters. The van der Waals surface area contributed by atoms with E-state index in [0.29, 0.717) is 23.9 Å². The highest BCUT2D eigenvalue weighted by Gasteiger charge is 2.09. The zero-order valence-electron chi connectivity index (χ0n) is 12.1. The second kappa shape index (κ2) is 8.54. The van der Waals surface area contributed by atoms with Crippen LogP contribution in [0.15, 0.2) is 29.2 Å². The molecule has 0 saturated carbocycles. The summed E-state index contributed by atoms with van der Waals surface area (Å²) in [6.45, 7) is 4.81. The van der Waals surface area contributed by atoms with Crippen molar-refractivity contribution in [3.8, 4) is 0 Å². The van der Waals surface area contributed by atoms with Gasteiger partial charge in [-0.05, 0) is 43.0 Å². The Balaban J connectivity index is 2.24. The Bertz CT molecular complexity index is 484. The third-order valence-corrected chi connectivity index (χ3v) is 5.44. The fourth-order valence-corrected chi connectivity index (χ4v) is 4.02. The summed E-state index contributed by atoms with van der Waals surface area (Å²) in [7, 11) is -3.15. The number of anilines is 1. The molecule has 20 heavy (non-hydrogen) atoms. The number of rotatable bonds is 9. The van der Waals surface area contributed by atoms with Crippen LogP contribution in [-0.2, 0) is 10.0 Å². The van der Waals surface area contributed by atoms with Crippen LogP contribution in [0.5, 0.6) is 0 Å². The van der Waals surface area contributed by atoms with Gasteiger partial charge in [-0.3, -0.25) is 0 Å². The molecule has 1 aromatic rings.